The van der Waals surface area contributed by atoms with Crippen molar-refractivity contribution in [2.45, 2.75) is 20.8 Å². The number of carbonyl (C=O) groups excluding carboxylic acids is 2. The SMILES string of the molecule is CCNc1nccc(C(=O)NCC(C)(C)C(N)=O)c1F. The lowest BCUT2D eigenvalue weighted by Crippen LogP contribution is -2.42. The van der Waals surface area contributed by atoms with Gasteiger partial charge in [-0.15, -0.1) is 0 Å². The largest absolute Gasteiger partial charge is 0.369 e. The van der Waals surface area contributed by atoms with Crippen molar-refractivity contribution in [1.82, 2.24) is 10.3 Å². The third kappa shape index (κ3) is 3.66. The first-order valence-corrected chi connectivity index (χ1v) is 6.26. The quantitative estimate of drug-likeness (QED) is 0.722. The predicted molar refractivity (Wildman–Crippen MR) is 73.7 cm³/mol. The van der Waals surface area contributed by atoms with Crippen molar-refractivity contribution in [3.8, 4) is 0 Å². The minimum Gasteiger partial charge on any atom is -0.369 e. The molecule has 20 heavy (non-hydrogen) atoms. The molecular weight excluding hydrogens is 263 g/mol. The molecule has 1 heterocycles. The van der Waals surface area contributed by atoms with Gasteiger partial charge in [0.2, 0.25) is 5.91 Å². The zero-order valence-electron chi connectivity index (χ0n) is 11.8. The van der Waals surface area contributed by atoms with E-state index in [2.05, 4.69) is 15.6 Å². The Morgan fingerprint density at radius 1 is 1.45 bits per heavy atom. The van der Waals surface area contributed by atoms with E-state index in [4.69, 9.17) is 5.73 Å². The Hall–Kier alpha value is -2.18. The number of hydrogen-bond acceptors (Lipinski definition) is 4. The molecule has 0 spiro atoms. The fourth-order valence-electron chi connectivity index (χ4n) is 1.39. The van der Waals surface area contributed by atoms with Crippen molar-refractivity contribution >= 4 is 17.6 Å². The van der Waals surface area contributed by atoms with Crippen LogP contribution in [0.2, 0.25) is 0 Å². The number of aromatic nitrogens is 1. The molecule has 4 N–H and O–H groups in total. The summed E-state index contributed by atoms with van der Waals surface area (Å²) in [5, 5.41) is 5.22. The highest BCUT2D eigenvalue weighted by atomic mass is 19.1. The monoisotopic (exact) mass is 282 g/mol. The van der Waals surface area contributed by atoms with E-state index >= 15 is 0 Å². The third-order valence-corrected chi connectivity index (χ3v) is 2.84. The molecule has 0 aliphatic carbocycles. The molecular formula is C13H19FN4O2. The molecule has 2 amide bonds. The second-order valence-corrected chi connectivity index (χ2v) is 4.98. The summed E-state index contributed by atoms with van der Waals surface area (Å²) < 4.78 is 14.0. The number of nitrogens with one attached hydrogen (secondary N) is 2. The van der Waals surface area contributed by atoms with Crippen LogP contribution in [-0.2, 0) is 4.79 Å². The van der Waals surface area contributed by atoms with Gasteiger partial charge in [0.25, 0.3) is 5.91 Å². The number of nitrogens with zero attached hydrogens (tertiary/aromatic N) is 1. The summed E-state index contributed by atoms with van der Waals surface area (Å²) >= 11 is 0. The standard InChI is InChI=1S/C13H19FN4O2/c1-4-16-10-9(14)8(5-6-17-10)11(19)18-7-13(2,3)12(15)20/h5-6H,4,7H2,1-3H3,(H2,15,20)(H,16,17)(H,18,19). The number of anilines is 1. The average molecular weight is 282 g/mol. The molecule has 0 unspecified atom stereocenters. The highest BCUT2D eigenvalue weighted by Gasteiger charge is 2.26. The van der Waals surface area contributed by atoms with Crippen LogP contribution >= 0.6 is 0 Å². The fourth-order valence-corrected chi connectivity index (χ4v) is 1.39. The van der Waals surface area contributed by atoms with Gasteiger partial charge in [0.1, 0.15) is 0 Å². The van der Waals surface area contributed by atoms with E-state index in [1.54, 1.807) is 20.8 Å². The van der Waals surface area contributed by atoms with Gasteiger partial charge in [0.05, 0.1) is 11.0 Å². The van der Waals surface area contributed by atoms with Gasteiger partial charge in [0.15, 0.2) is 11.6 Å². The topological polar surface area (TPSA) is 97.1 Å². The smallest absolute Gasteiger partial charge is 0.254 e. The zero-order chi connectivity index (χ0) is 15.3. The van der Waals surface area contributed by atoms with Crippen LogP contribution in [0.25, 0.3) is 0 Å². The summed E-state index contributed by atoms with van der Waals surface area (Å²) in [4.78, 5) is 26.9. The molecule has 1 aromatic rings. The molecule has 0 saturated carbocycles. The minimum absolute atomic E-state index is 0.0225. The van der Waals surface area contributed by atoms with Gasteiger partial charge in [-0.1, -0.05) is 0 Å². The molecule has 0 atom stereocenters. The lowest BCUT2D eigenvalue weighted by molar-refractivity contribution is -0.125. The highest BCUT2D eigenvalue weighted by molar-refractivity contribution is 5.95. The van der Waals surface area contributed by atoms with Crippen molar-refractivity contribution in [1.29, 1.82) is 0 Å². The predicted octanol–water partition coefficient (Wildman–Crippen LogP) is 0.894. The van der Waals surface area contributed by atoms with Crippen LogP contribution in [0, 0.1) is 11.2 Å². The minimum atomic E-state index is -0.899. The molecule has 0 aromatic carbocycles. The summed E-state index contributed by atoms with van der Waals surface area (Å²) in [5.41, 5.74) is 4.18. The Morgan fingerprint density at radius 3 is 2.65 bits per heavy atom. The maximum atomic E-state index is 14.0. The third-order valence-electron chi connectivity index (χ3n) is 2.84. The number of pyridine rings is 1. The molecule has 7 heteroatoms. The molecule has 1 aromatic heterocycles. The average Bonchev–Trinajstić information content (AvgIpc) is 2.38. The number of amides is 2. The van der Waals surface area contributed by atoms with Crippen LogP contribution in [0.1, 0.15) is 31.1 Å². The van der Waals surface area contributed by atoms with E-state index in [9.17, 15) is 14.0 Å². The Kier molecular flexibility index (Phi) is 5.01. The number of nitrogens with two attached hydrogens (primary N) is 1. The zero-order valence-corrected chi connectivity index (χ0v) is 11.8. The van der Waals surface area contributed by atoms with E-state index in [1.165, 1.54) is 12.3 Å². The Morgan fingerprint density at radius 2 is 2.10 bits per heavy atom. The molecule has 0 bridgehead atoms. The molecule has 0 radical (unpaired) electrons. The number of primary amides is 1. The van der Waals surface area contributed by atoms with E-state index < -0.39 is 23.0 Å². The highest BCUT2D eigenvalue weighted by Crippen LogP contribution is 2.16. The molecule has 0 saturated heterocycles. The van der Waals surface area contributed by atoms with Gasteiger partial charge < -0.3 is 16.4 Å². The van der Waals surface area contributed by atoms with Crippen LogP contribution in [-0.4, -0.2) is 29.9 Å². The van der Waals surface area contributed by atoms with Gasteiger partial charge in [0, 0.05) is 19.3 Å². The van der Waals surface area contributed by atoms with Crippen LogP contribution in [0.3, 0.4) is 0 Å². The molecule has 1 rings (SSSR count). The van der Waals surface area contributed by atoms with Gasteiger partial charge >= 0.3 is 0 Å². The Labute approximate surface area is 116 Å². The van der Waals surface area contributed by atoms with Crippen LogP contribution in [0.5, 0.6) is 0 Å². The van der Waals surface area contributed by atoms with Gasteiger partial charge in [-0.05, 0) is 26.8 Å². The molecule has 0 fully saturated rings. The van der Waals surface area contributed by atoms with Crippen LogP contribution < -0.4 is 16.4 Å². The molecule has 0 aliphatic heterocycles. The molecule has 6 nitrogen and oxygen atoms in total. The number of carbonyl (C=O) groups is 2. The number of hydrogen-bond donors (Lipinski definition) is 3. The molecule has 110 valence electrons. The second-order valence-electron chi connectivity index (χ2n) is 4.98. The van der Waals surface area contributed by atoms with Gasteiger partial charge in [-0.2, -0.15) is 0 Å². The van der Waals surface area contributed by atoms with Crippen molar-refractivity contribution in [3.05, 3.63) is 23.6 Å². The van der Waals surface area contributed by atoms with Gasteiger partial charge in [-0.3, -0.25) is 9.59 Å². The first-order valence-electron chi connectivity index (χ1n) is 6.26. The Bertz CT molecular complexity index is 517. The maximum Gasteiger partial charge on any atom is 0.254 e. The lowest BCUT2D eigenvalue weighted by Gasteiger charge is -2.20. The first-order chi connectivity index (χ1) is 9.29. The van der Waals surface area contributed by atoms with Crippen molar-refractivity contribution in [3.63, 3.8) is 0 Å². The summed E-state index contributed by atoms with van der Waals surface area (Å²) in [6.07, 6.45) is 1.34. The first kappa shape index (κ1) is 15.9. The maximum absolute atomic E-state index is 14.0. The lowest BCUT2D eigenvalue weighted by atomic mass is 9.92. The van der Waals surface area contributed by atoms with Crippen LogP contribution in [0.15, 0.2) is 12.3 Å². The van der Waals surface area contributed by atoms with E-state index in [0.717, 1.165) is 0 Å². The second kappa shape index (κ2) is 6.31. The number of halogens is 1. The normalized spacial score (nSPS) is 11.0. The van der Waals surface area contributed by atoms with Crippen molar-refractivity contribution in [2.24, 2.45) is 11.1 Å². The summed E-state index contributed by atoms with van der Waals surface area (Å²) in [7, 11) is 0. The molecule has 0 aliphatic rings. The Balaban J connectivity index is 2.83. The van der Waals surface area contributed by atoms with E-state index in [-0.39, 0.29) is 17.9 Å². The number of rotatable bonds is 6. The van der Waals surface area contributed by atoms with E-state index in [0.29, 0.717) is 6.54 Å². The summed E-state index contributed by atoms with van der Waals surface area (Å²) in [5.74, 6) is -1.85. The summed E-state index contributed by atoms with van der Waals surface area (Å²) in [6.45, 7) is 5.51. The van der Waals surface area contributed by atoms with Gasteiger partial charge in [-0.25, -0.2) is 9.37 Å². The van der Waals surface area contributed by atoms with Crippen molar-refractivity contribution in [2.75, 3.05) is 18.4 Å². The fraction of sp³-hybridized carbons (Fsp3) is 0.462. The van der Waals surface area contributed by atoms with E-state index in [1.807, 2.05) is 0 Å². The van der Waals surface area contributed by atoms with Crippen LogP contribution in [0.4, 0.5) is 10.2 Å². The van der Waals surface area contributed by atoms with Crippen molar-refractivity contribution < 1.29 is 14.0 Å². The summed E-state index contributed by atoms with van der Waals surface area (Å²) in [6, 6.07) is 1.28.